The largest absolute Gasteiger partial charge is 0.244 e. The monoisotopic (exact) mass is 184 g/mol. The number of hydrogen-bond acceptors (Lipinski definition) is 3. The van der Waals surface area contributed by atoms with Gasteiger partial charge in [0.15, 0.2) is 14.9 Å². The summed E-state index contributed by atoms with van der Waals surface area (Å²) in [5.41, 5.74) is 0.713. The Morgan fingerprint density at radius 3 is 2.58 bits per heavy atom. The zero-order valence-electron chi connectivity index (χ0n) is 6.82. The van der Waals surface area contributed by atoms with Crippen molar-refractivity contribution in [1.82, 2.24) is 4.98 Å². The van der Waals surface area contributed by atoms with Crippen LogP contribution >= 0.6 is 0 Å². The van der Waals surface area contributed by atoms with E-state index in [1.165, 1.54) is 12.3 Å². The molecule has 0 aliphatic carbocycles. The highest BCUT2D eigenvalue weighted by atomic mass is 32.2. The minimum absolute atomic E-state index is 0.0799. The molecule has 1 radical (unpaired) electrons. The zero-order chi connectivity index (χ0) is 9.19. The lowest BCUT2D eigenvalue weighted by Gasteiger charge is -1.99. The lowest BCUT2D eigenvalue weighted by Crippen LogP contribution is -2.05. The first-order valence-electron chi connectivity index (χ1n) is 3.57. The fourth-order valence-corrected chi connectivity index (χ4v) is 1.53. The Kier molecular flexibility index (Phi) is 2.47. The van der Waals surface area contributed by atoms with E-state index in [0.717, 1.165) is 0 Å². The van der Waals surface area contributed by atoms with Gasteiger partial charge in [-0.05, 0) is 18.6 Å². The number of pyridine rings is 1. The van der Waals surface area contributed by atoms with E-state index in [4.69, 9.17) is 0 Å². The van der Waals surface area contributed by atoms with Gasteiger partial charge in [0.2, 0.25) is 0 Å². The molecule has 1 aromatic heterocycles. The van der Waals surface area contributed by atoms with Gasteiger partial charge in [0, 0.05) is 6.20 Å². The molecule has 0 unspecified atom stereocenters. The van der Waals surface area contributed by atoms with Crippen molar-refractivity contribution in [2.24, 2.45) is 0 Å². The fourth-order valence-electron chi connectivity index (χ4n) is 0.743. The molecule has 0 spiro atoms. The van der Waals surface area contributed by atoms with Crippen molar-refractivity contribution in [3.63, 3.8) is 0 Å². The third kappa shape index (κ3) is 1.82. The van der Waals surface area contributed by atoms with Crippen LogP contribution in [0.4, 0.5) is 0 Å². The molecule has 0 bridgehead atoms. The maximum absolute atomic E-state index is 11.2. The van der Waals surface area contributed by atoms with E-state index in [2.05, 4.69) is 11.9 Å². The van der Waals surface area contributed by atoms with Gasteiger partial charge in [0.05, 0.1) is 5.75 Å². The quantitative estimate of drug-likeness (QED) is 0.690. The van der Waals surface area contributed by atoms with E-state index in [-0.39, 0.29) is 10.8 Å². The van der Waals surface area contributed by atoms with Crippen LogP contribution in [0.15, 0.2) is 23.4 Å². The Bertz CT molecular complexity index is 353. The SMILES string of the molecule is [CH2]c1ccc(S(=O)(=O)CC)nc1. The van der Waals surface area contributed by atoms with Gasteiger partial charge in [-0.3, -0.25) is 0 Å². The average Bonchev–Trinajstić information content (AvgIpc) is 2.05. The van der Waals surface area contributed by atoms with Gasteiger partial charge in [0.25, 0.3) is 0 Å². The summed E-state index contributed by atoms with van der Waals surface area (Å²) in [7, 11) is -3.15. The molecule has 3 nitrogen and oxygen atoms in total. The summed E-state index contributed by atoms with van der Waals surface area (Å²) in [5, 5.41) is 0.123. The number of rotatable bonds is 2. The van der Waals surface area contributed by atoms with E-state index in [1.54, 1.807) is 13.0 Å². The molecule has 1 rings (SSSR count). The summed E-state index contributed by atoms with van der Waals surface area (Å²) in [6.07, 6.45) is 1.45. The fraction of sp³-hybridized carbons (Fsp3) is 0.250. The smallest absolute Gasteiger partial charge is 0.195 e. The highest BCUT2D eigenvalue weighted by Gasteiger charge is 2.11. The van der Waals surface area contributed by atoms with Crippen molar-refractivity contribution in [2.45, 2.75) is 11.9 Å². The van der Waals surface area contributed by atoms with Gasteiger partial charge >= 0.3 is 0 Å². The first-order valence-corrected chi connectivity index (χ1v) is 5.22. The van der Waals surface area contributed by atoms with Gasteiger partial charge in [-0.2, -0.15) is 0 Å². The Morgan fingerprint density at radius 1 is 1.50 bits per heavy atom. The minimum Gasteiger partial charge on any atom is -0.244 e. The Balaban J connectivity index is 3.14. The second-order valence-electron chi connectivity index (χ2n) is 2.41. The van der Waals surface area contributed by atoms with E-state index < -0.39 is 9.84 Å². The number of hydrogen-bond donors (Lipinski definition) is 0. The Hall–Kier alpha value is -0.900. The van der Waals surface area contributed by atoms with Gasteiger partial charge < -0.3 is 0 Å². The van der Waals surface area contributed by atoms with Gasteiger partial charge in [-0.25, -0.2) is 13.4 Å². The van der Waals surface area contributed by atoms with Crippen molar-refractivity contribution in [2.75, 3.05) is 5.75 Å². The predicted octanol–water partition coefficient (Wildman–Crippen LogP) is 1.06. The van der Waals surface area contributed by atoms with Gasteiger partial charge in [0.1, 0.15) is 0 Å². The van der Waals surface area contributed by atoms with E-state index in [0.29, 0.717) is 5.56 Å². The normalized spacial score (nSPS) is 11.5. The van der Waals surface area contributed by atoms with Crippen LogP contribution < -0.4 is 0 Å². The zero-order valence-corrected chi connectivity index (χ0v) is 7.63. The average molecular weight is 184 g/mol. The molecule has 0 N–H and O–H groups in total. The molecule has 0 aliphatic rings. The molecule has 65 valence electrons. The van der Waals surface area contributed by atoms with E-state index in [1.807, 2.05) is 0 Å². The number of aromatic nitrogens is 1. The summed E-state index contributed by atoms with van der Waals surface area (Å²) >= 11 is 0. The molecule has 0 fully saturated rings. The molecule has 0 saturated carbocycles. The second-order valence-corrected chi connectivity index (χ2v) is 4.63. The molecule has 1 aromatic rings. The third-order valence-electron chi connectivity index (χ3n) is 1.50. The topological polar surface area (TPSA) is 47.0 Å². The molecule has 0 saturated heterocycles. The molecule has 12 heavy (non-hydrogen) atoms. The molecule has 0 aromatic carbocycles. The highest BCUT2D eigenvalue weighted by molar-refractivity contribution is 7.91. The molecule has 1 heterocycles. The Labute approximate surface area is 72.4 Å². The third-order valence-corrected chi connectivity index (χ3v) is 3.14. The lowest BCUT2D eigenvalue weighted by molar-refractivity contribution is 0.593. The van der Waals surface area contributed by atoms with Crippen LogP contribution in [0, 0.1) is 6.92 Å². The van der Waals surface area contributed by atoms with Crippen LogP contribution in [0.5, 0.6) is 0 Å². The molecule has 4 heteroatoms. The van der Waals surface area contributed by atoms with Crippen molar-refractivity contribution in [1.29, 1.82) is 0 Å². The lowest BCUT2D eigenvalue weighted by atomic mass is 10.3. The Morgan fingerprint density at radius 2 is 2.17 bits per heavy atom. The summed E-state index contributed by atoms with van der Waals surface area (Å²) < 4.78 is 22.5. The highest BCUT2D eigenvalue weighted by Crippen LogP contribution is 2.07. The van der Waals surface area contributed by atoms with Crippen LogP contribution in [0.3, 0.4) is 0 Å². The van der Waals surface area contributed by atoms with Gasteiger partial charge in [-0.15, -0.1) is 0 Å². The van der Waals surface area contributed by atoms with Crippen LogP contribution in [-0.2, 0) is 9.84 Å². The van der Waals surface area contributed by atoms with Crippen molar-refractivity contribution in [3.8, 4) is 0 Å². The van der Waals surface area contributed by atoms with Gasteiger partial charge in [-0.1, -0.05) is 13.0 Å². The van der Waals surface area contributed by atoms with Crippen LogP contribution in [0.2, 0.25) is 0 Å². The van der Waals surface area contributed by atoms with Crippen LogP contribution in [0.1, 0.15) is 12.5 Å². The van der Waals surface area contributed by atoms with E-state index >= 15 is 0 Å². The molecular formula is C8H10NO2S. The summed E-state index contributed by atoms with van der Waals surface area (Å²) in [4.78, 5) is 3.77. The number of sulfone groups is 1. The van der Waals surface area contributed by atoms with Crippen molar-refractivity contribution >= 4 is 9.84 Å². The molecular weight excluding hydrogens is 174 g/mol. The second kappa shape index (κ2) is 3.23. The van der Waals surface area contributed by atoms with Crippen molar-refractivity contribution in [3.05, 3.63) is 30.8 Å². The first kappa shape index (κ1) is 9.19. The summed E-state index contributed by atoms with van der Waals surface area (Å²) in [6.45, 7) is 5.20. The van der Waals surface area contributed by atoms with Crippen LogP contribution in [0.25, 0.3) is 0 Å². The molecule has 0 atom stereocenters. The summed E-state index contributed by atoms with van der Waals surface area (Å²) in [6, 6.07) is 3.11. The first-order chi connectivity index (χ1) is 5.56. The maximum Gasteiger partial charge on any atom is 0.195 e. The molecule has 0 aliphatic heterocycles. The van der Waals surface area contributed by atoms with E-state index in [9.17, 15) is 8.42 Å². The maximum atomic E-state index is 11.2. The summed E-state index contributed by atoms with van der Waals surface area (Å²) in [5.74, 6) is 0.0799. The number of nitrogens with zero attached hydrogens (tertiary/aromatic N) is 1. The minimum atomic E-state index is -3.15. The van der Waals surface area contributed by atoms with Crippen LogP contribution in [-0.4, -0.2) is 19.2 Å². The molecule has 0 amide bonds. The van der Waals surface area contributed by atoms with Crippen molar-refractivity contribution < 1.29 is 8.42 Å². The predicted molar refractivity (Wildman–Crippen MR) is 46.4 cm³/mol. The standard InChI is InChI=1S/C8H10NO2S/c1-3-12(10,11)8-5-4-7(2)6-9-8/h4-6H,2-3H2,1H3.